The maximum atomic E-state index is 11.5. The van der Waals surface area contributed by atoms with Gasteiger partial charge in [0, 0.05) is 30.1 Å². The lowest BCUT2D eigenvalue weighted by molar-refractivity contribution is -0.125. The van der Waals surface area contributed by atoms with E-state index in [4.69, 9.17) is 4.74 Å². The van der Waals surface area contributed by atoms with Crippen LogP contribution in [0.2, 0.25) is 0 Å². The van der Waals surface area contributed by atoms with Gasteiger partial charge in [0.1, 0.15) is 0 Å². The summed E-state index contributed by atoms with van der Waals surface area (Å²) < 4.78 is 31.6. The molecule has 0 aromatic carbocycles. The molecule has 0 aromatic heterocycles. The number of nitrogens with one attached hydrogen (secondary N) is 3. The first-order valence-corrected chi connectivity index (χ1v) is 11.7. The van der Waals surface area contributed by atoms with Gasteiger partial charge in [0.25, 0.3) is 0 Å². The maximum Gasteiger partial charge on any atom is 0.209 e. The Morgan fingerprint density at radius 2 is 1.89 bits per heavy atom. The number of aliphatic imine (C=N–C) groups is 1. The van der Waals surface area contributed by atoms with Gasteiger partial charge in [-0.2, -0.15) is 0 Å². The van der Waals surface area contributed by atoms with E-state index in [2.05, 4.69) is 27.3 Å². The summed E-state index contributed by atoms with van der Waals surface area (Å²) in [5.74, 6) is 0.752. The monoisotopic (exact) mass is 516 g/mol. The Hall–Kier alpha value is -0.130. The average molecular weight is 516 g/mol. The fourth-order valence-electron chi connectivity index (χ4n) is 4.38. The Bertz CT molecular complexity index is 604. The van der Waals surface area contributed by atoms with Crippen LogP contribution in [0, 0.1) is 5.41 Å². The number of guanidine groups is 1. The Balaban J connectivity index is 0.00000364. The lowest BCUT2D eigenvalue weighted by atomic mass is 9.60. The van der Waals surface area contributed by atoms with Crippen molar-refractivity contribution >= 4 is 40.0 Å². The molecule has 3 N–H and O–H groups in total. The van der Waals surface area contributed by atoms with Crippen LogP contribution in [0.5, 0.6) is 0 Å². The minimum atomic E-state index is -3.27. The van der Waals surface area contributed by atoms with Crippen LogP contribution in [0.15, 0.2) is 4.99 Å². The highest BCUT2D eigenvalue weighted by Gasteiger charge is 2.56. The van der Waals surface area contributed by atoms with Crippen molar-refractivity contribution in [2.45, 2.75) is 77.5 Å². The van der Waals surface area contributed by atoms with Crippen molar-refractivity contribution in [2.75, 3.05) is 26.0 Å². The van der Waals surface area contributed by atoms with Gasteiger partial charge in [-0.1, -0.05) is 12.8 Å². The number of halogens is 1. The predicted octanol–water partition coefficient (Wildman–Crippen LogP) is 2.23. The van der Waals surface area contributed by atoms with Gasteiger partial charge in [-0.3, -0.25) is 4.99 Å². The fourth-order valence-corrected chi connectivity index (χ4v) is 5.45. The zero-order valence-corrected chi connectivity index (χ0v) is 20.4. The van der Waals surface area contributed by atoms with E-state index in [1.54, 1.807) is 0 Å². The van der Waals surface area contributed by atoms with E-state index in [9.17, 15) is 8.42 Å². The summed E-state index contributed by atoms with van der Waals surface area (Å²) in [6, 6.07) is 0.366. The summed E-state index contributed by atoms with van der Waals surface area (Å²) in [5, 5.41) is 6.88. The molecule has 2 fully saturated rings. The van der Waals surface area contributed by atoms with Crippen molar-refractivity contribution in [3.63, 3.8) is 0 Å². The van der Waals surface area contributed by atoms with Crippen molar-refractivity contribution in [1.29, 1.82) is 0 Å². The van der Waals surface area contributed by atoms with E-state index in [0.717, 1.165) is 25.5 Å². The van der Waals surface area contributed by atoms with Crippen molar-refractivity contribution in [3.8, 4) is 0 Å². The molecule has 0 aromatic rings. The third-order valence-electron chi connectivity index (χ3n) is 5.44. The quantitative estimate of drug-likeness (QED) is 0.262. The first-order valence-electron chi connectivity index (χ1n) is 9.77. The average Bonchev–Trinajstić information content (AvgIpc) is 3.02. The van der Waals surface area contributed by atoms with E-state index < -0.39 is 15.6 Å². The van der Waals surface area contributed by atoms with Gasteiger partial charge in [0.05, 0.1) is 18.9 Å². The maximum absolute atomic E-state index is 11.5. The summed E-state index contributed by atoms with van der Waals surface area (Å²) in [4.78, 5) is 4.64. The highest BCUT2D eigenvalue weighted by molar-refractivity contribution is 14.0. The molecule has 0 saturated heterocycles. The van der Waals surface area contributed by atoms with Gasteiger partial charge in [0.2, 0.25) is 10.0 Å². The van der Waals surface area contributed by atoms with Crippen LogP contribution in [0.1, 0.15) is 59.8 Å². The number of ether oxygens (including phenoxy) is 1. The minimum absolute atomic E-state index is 0. The van der Waals surface area contributed by atoms with Crippen LogP contribution >= 0.6 is 24.0 Å². The Labute approximate surface area is 181 Å². The molecule has 0 bridgehead atoms. The Morgan fingerprint density at radius 3 is 2.41 bits per heavy atom. The van der Waals surface area contributed by atoms with E-state index in [0.29, 0.717) is 18.7 Å². The van der Waals surface area contributed by atoms with Crippen molar-refractivity contribution in [3.05, 3.63) is 0 Å². The number of hydrogen-bond donors (Lipinski definition) is 3. The van der Waals surface area contributed by atoms with Crippen molar-refractivity contribution in [1.82, 2.24) is 15.4 Å². The Kier molecular flexibility index (Phi) is 9.29. The first kappa shape index (κ1) is 24.9. The summed E-state index contributed by atoms with van der Waals surface area (Å²) in [6.07, 6.45) is 7.46. The van der Waals surface area contributed by atoms with Gasteiger partial charge >= 0.3 is 0 Å². The third-order valence-corrected chi connectivity index (χ3v) is 6.36. The van der Waals surface area contributed by atoms with Crippen molar-refractivity contribution in [2.24, 2.45) is 10.4 Å². The zero-order chi connectivity index (χ0) is 19.4. The molecule has 27 heavy (non-hydrogen) atoms. The third kappa shape index (κ3) is 6.71. The normalized spacial score (nSPS) is 25.0. The van der Waals surface area contributed by atoms with E-state index in [1.807, 2.05) is 20.8 Å². The minimum Gasteiger partial charge on any atom is -0.378 e. The largest absolute Gasteiger partial charge is 0.378 e. The van der Waals surface area contributed by atoms with Crippen LogP contribution in [0.4, 0.5) is 0 Å². The van der Waals surface area contributed by atoms with Crippen LogP contribution in [0.3, 0.4) is 0 Å². The van der Waals surface area contributed by atoms with E-state index in [1.165, 1.54) is 31.9 Å². The van der Waals surface area contributed by atoms with Gasteiger partial charge < -0.3 is 15.4 Å². The fraction of sp³-hybridized carbons (Fsp3) is 0.944. The van der Waals surface area contributed by atoms with Crippen LogP contribution in [0.25, 0.3) is 0 Å². The molecule has 2 atom stereocenters. The summed E-state index contributed by atoms with van der Waals surface area (Å²) >= 11 is 0. The van der Waals surface area contributed by atoms with E-state index >= 15 is 0 Å². The molecule has 1 spiro atoms. The van der Waals surface area contributed by atoms with Crippen molar-refractivity contribution < 1.29 is 13.2 Å². The number of rotatable bonds is 8. The van der Waals surface area contributed by atoms with Crippen LogP contribution < -0.4 is 15.4 Å². The summed E-state index contributed by atoms with van der Waals surface area (Å²) in [7, 11) is -3.27. The van der Waals surface area contributed by atoms with E-state index in [-0.39, 0.29) is 29.4 Å². The lowest BCUT2D eigenvalue weighted by Crippen LogP contribution is -2.65. The first-order chi connectivity index (χ1) is 12.1. The highest BCUT2D eigenvalue weighted by Crippen LogP contribution is 2.54. The molecule has 160 valence electrons. The molecule has 2 rings (SSSR count). The van der Waals surface area contributed by atoms with Gasteiger partial charge in [-0.05, 0) is 47.0 Å². The zero-order valence-electron chi connectivity index (χ0n) is 17.3. The van der Waals surface area contributed by atoms with Gasteiger partial charge in [-0.15, -0.1) is 24.0 Å². The second-order valence-electron chi connectivity index (χ2n) is 8.27. The van der Waals surface area contributed by atoms with Gasteiger partial charge in [-0.25, -0.2) is 13.1 Å². The molecule has 0 amide bonds. The standard InChI is InChI=1S/C18H36N4O3S.HI/c1-6-19-16(20-13-17(3,4)22-26(5,23)24)21-14-12-15(25-7-2)18(14)10-8-9-11-18;/h14-15,22H,6-13H2,1-5H3,(H2,19,20,21);1H. The molecule has 7 nitrogen and oxygen atoms in total. The molecular weight excluding hydrogens is 479 g/mol. The highest BCUT2D eigenvalue weighted by atomic mass is 127. The lowest BCUT2D eigenvalue weighted by Gasteiger charge is -2.54. The molecule has 0 heterocycles. The number of sulfonamides is 1. The predicted molar refractivity (Wildman–Crippen MR) is 121 cm³/mol. The molecule has 0 radical (unpaired) electrons. The van der Waals surface area contributed by atoms with Gasteiger partial charge in [0.15, 0.2) is 5.96 Å². The molecule has 9 heteroatoms. The Morgan fingerprint density at radius 1 is 1.26 bits per heavy atom. The summed E-state index contributed by atoms with van der Waals surface area (Å²) in [5.41, 5.74) is -0.402. The second kappa shape index (κ2) is 10.1. The smallest absolute Gasteiger partial charge is 0.209 e. The molecule has 2 aliphatic carbocycles. The SMILES string of the molecule is CCNC(=NCC(C)(C)NS(C)(=O)=O)NC1CC(OCC)C12CCCC2.I. The van der Waals surface area contributed by atoms with Crippen LogP contribution in [-0.4, -0.2) is 58.0 Å². The molecule has 2 aliphatic rings. The summed E-state index contributed by atoms with van der Waals surface area (Å²) in [6.45, 7) is 9.67. The number of nitrogens with zero attached hydrogens (tertiary/aromatic N) is 1. The van der Waals surface area contributed by atoms with Crippen LogP contribution in [-0.2, 0) is 14.8 Å². The molecular formula is C18H37IN4O3S. The molecule has 2 saturated carbocycles. The second-order valence-corrected chi connectivity index (χ2v) is 10.0. The molecule has 0 aliphatic heterocycles. The topological polar surface area (TPSA) is 91.8 Å². The molecule has 2 unspecified atom stereocenters. The number of hydrogen-bond acceptors (Lipinski definition) is 4.